The second-order valence-corrected chi connectivity index (χ2v) is 5.62. The van der Waals surface area contributed by atoms with Gasteiger partial charge in [0.1, 0.15) is 5.58 Å². The van der Waals surface area contributed by atoms with Crippen LogP contribution in [0.2, 0.25) is 0 Å². The summed E-state index contributed by atoms with van der Waals surface area (Å²) < 4.78 is 5.52. The first kappa shape index (κ1) is 15.6. The van der Waals surface area contributed by atoms with E-state index < -0.39 is 6.10 Å². The van der Waals surface area contributed by atoms with Crippen molar-refractivity contribution in [2.45, 2.75) is 46.1 Å². The quantitative estimate of drug-likeness (QED) is 0.859. The molecule has 1 aromatic heterocycles. The maximum Gasteiger partial charge on any atom is 0.224 e. The standard InChI is InChI=1S/C17H23NO3/c1-4-5-14(19)9-18-17(20)8-13-10-21-16-7-12(3)11(2)6-15(13)16/h6-7,10,14,19H,4-5,8-9H2,1-3H3,(H,18,20). The van der Waals surface area contributed by atoms with Crippen LogP contribution in [0, 0.1) is 13.8 Å². The Hall–Kier alpha value is -1.81. The van der Waals surface area contributed by atoms with Gasteiger partial charge in [-0.2, -0.15) is 0 Å². The van der Waals surface area contributed by atoms with Crippen LogP contribution >= 0.6 is 0 Å². The van der Waals surface area contributed by atoms with E-state index in [1.54, 1.807) is 6.26 Å². The van der Waals surface area contributed by atoms with Crippen LogP contribution < -0.4 is 5.32 Å². The van der Waals surface area contributed by atoms with Crippen molar-refractivity contribution < 1.29 is 14.3 Å². The second kappa shape index (κ2) is 6.76. The summed E-state index contributed by atoms with van der Waals surface area (Å²) in [5.41, 5.74) is 4.06. The van der Waals surface area contributed by atoms with Crippen LogP contribution in [0.4, 0.5) is 0 Å². The molecule has 0 radical (unpaired) electrons. The van der Waals surface area contributed by atoms with Crippen molar-refractivity contribution in [2.75, 3.05) is 6.54 Å². The number of aliphatic hydroxyl groups is 1. The topological polar surface area (TPSA) is 62.5 Å². The van der Waals surface area contributed by atoms with Crippen molar-refractivity contribution in [3.63, 3.8) is 0 Å². The van der Waals surface area contributed by atoms with E-state index in [-0.39, 0.29) is 12.3 Å². The number of amides is 1. The average Bonchev–Trinajstić information content (AvgIpc) is 2.80. The highest BCUT2D eigenvalue weighted by Crippen LogP contribution is 2.25. The van der Waals surface area contributed by atoms with Gasteiger partial charge < -0.3 is 14.8 Å². The molecule has 2 N–H and O–H groups in total. The summed E-state index contributed by atoms with van der Waals surface area (Å²) in [6, 6.07) is 4.06. The Morgan fingerprint density at radius 1 is 1.33 bits per heavy atom. The number of rotatable bonds is 6. The highest BCUT2D eigenvalue weighted by Gasteiger charge is 2.12. The number of hydrogen-bond donors (Lipinski definition) is 2. The molecule has 4 nitrogen and oxygen atoms in total. The van der Waals surface area contributed by atoms with Gasteiger partial charge >= 0.3 is 0 Å². The number of carbonyl (C=O) groups excluding carboxylic acids is 1. The molecule has 0 bridgehead atoms. The Balaban J connectivity index is 2.03. The van der Waals surface area contributed by atoms with Gasteiger partial charge in [0.15, 0.2) is 0 Å². The Labute approximate surface area is 125 Å². The van der Waals surface area contributed by atoms with Gasteiger partial charge in [-0.15, -0.1) is 0 Å². The van der Waals surface area contributed by atoms with Crippen molar-refractivity contribution in [1.82, 2.24) is 5.32 Å². The molecule has 1 unspecified atom stereocenters. The van der Waals surface area contributed by atoms with E-state index in [0.717, 1.165) is 23.0 Å². The number of aliphatic hydroxyl groups excluding tert-OH is 1. The molecule has 1 heterocycles. The summed E-state index contributed by atoms with van der Waals surface area (Å²) >= 11 is 0. The zero-order chi connectivity index (χ0) is 15.4. The van der Waals surface area contributed by atoms with Crippen LogP contribution in [0.5, 0.6) is 0 Å². The molecule has 21 heavy (non-hydrogen) atoms. The van der Waals surface area contributed by atoms with Crippen LogP contribution in [0.1, 0.15) is 36.5 Å². The Kier molecular flexibility index (Phi) is 5.02. The van der Waals surface area contributed by atoms with E-state index in [2.05, 4.69) is 11.4 Å². The highest BCUT2D eigenvalue weighted by atomic mass is 16.3. The Morgan fingerprint density at radius 3 is 2.76 bits per heavy atom. The predicted molar refractivity (Wildman–Crippen MR) is 83.3 cm³/mol. The number of fused-ring (bicyclic) bond motifs is 1. The van der Waals surface area contributed by atoms with Gasteiger partial charge in [-0.05, 0) is 43.5 Å². The fraction of sp³-hybridized carbons (Fsp3) is 0.471. The lowest BCUT2D eigenvalue weighted by atomic mass is 10.0. The summed E-state index contributed by atoms with van der Waals surface area (Å²) in [5.74, 6) is -0.0916. The van der Waals surface area contributed by atoms with Crippen LogP contribution in [0.15, 0.2) is 22.8 Å². The zero-order valence-corrected chi connectivity index (χ0v) is 12.9. The molecular formula is C17H23NO3. The molecule has 2 rings (SSSR count). The molecule has 1 atom stereocenters. The highest BCUT2D eigenvalue weighted by molar-refractivity contribution is 5.88. The fourth-order valence-corrected chi connectivity index (χ4v) is 2.38. The third-order valence-corrected chi connectivity index (χ3v) is 3.78. The summed E-state index contributed by atoms with van der Waals surface area (Å²) in [5, 5.41) is 13.4. The lowest BCUT2D eigenvalue weighted by molar-refractivity contribution is -0.120. The van der Waals surface area contributed by atoms with Gasteiger partial charge in [0.25, 0.3) is 0 Å². The van der Waals surface area contributed by atoms with E-state index in [0.29, 0.717) is 13.0 Å². The second-order valence-electron chi connectivity index (χ2n) is 5.62. The number of hydrogen-bond acceptors (Lipinski definition) is 3. The van der Waals surface area contributed by atoms with Crippen LogP contribution in [-0.2, 0) is 11.2 Å². The van der Waals surface area contributed by atoms with E-state index in [9.17, 15) is 9.90 Å². The normalized spacial score (nSPS) is 12.6. The number of benzene rings is 1. The summed E-state index contributed by atoms with van der Waals surface area (Å²) in [6.07, 6.45) is 3.06. The van der Waals surface area contributed by atoms with Gasteiger partial charge in [-0.1, -0.05) is 13.3 Å². The number of carbonyl (C=O) groups is 1. The summed E-state index contributed by atoms with van der Waals surface area (Å²) in [4.78, 5) is 12.0. The van der Waals surface area contributed by atoms with Crippen LogP contribution in [0.3, 0.4) is 0 Å². The average molecular weight is 289 g/mol. The molecule has 1 aromatic carbocycles. The smallest absolute Gasteiger partial charge is 0.224 e. The van der Waals surface area contributed by atoms with Gasteiger partial charge in [0, 0.05) is 17.5 Å². The minimum atomic E-state index is -0.468. The largest absolute Gasteiger partial charge is 0.464 e. The Morgan fingerprint density at radius 2 is 2.05 bits per heavy atom. The maximum absolute atomic E-state index is 12.0. The van der Waals surface area contributed by atoms with E-state index in [1.807, 2.05) is 26.8 Å². The van der Waals surface area contributed by atoms with Crippen molar-refractivity contribution in [2.24, 2.45) is 0 Å². The van der Waals surface area contributed by atoms with Crippen LogP contribution in [0.25, 0.3) is 11.0 Å². The lowest BCUT2D eigenvalue weighted by Crippen LogP contribution is -2.32. The Bertz CT molecular complexity index is 630. The van der Waals surface area contributed by atoms with Crippen molar-refractivity contribution in [3.05, 3.63) is 35.1 Å². The SMILES string of the molecule is CCCC(O)CNC(=O)Cc1coc2cc(C)c(C)cc12. The van der Waals surface area contributed by atoms with E-state index >= 15 is 0 Å². The minimum Gasteiger partial charge on any atom is -0.464 e. The molecule has 0 spiro atoms. The number of nitrogens with one attached hydrogen (secondary N) is 1. The van der Waals surface area contributed by atoms with Crippen LogP contribution in [-0.4, -0.2) is 23.7 Å². The molecular weight excluding hydrogens is 266 g/mol. The maximum atomic E-state index is 12.0. The van der Waals surface area contributed by atoms with E-state index in [4.69, 9.17) is 4.42 Å². The molecule has 0 aliphatic carbocycles. The molecule has 114 valence electrons. The molecule has 0 fully saturated rings. The van der Waals surface area contributed by atoms with Gasteiger partial charge in [0.2, 0.25) is 5.91 Å². The predicted octanol–water partition coefficient (Wildman–Crippen LogP) is 2.87. The van der Waals surface area contributed by atoms with Gasteiger partial charge in [-0.3, -0.25) is 4.79 Å². The van der Waals surface area contributed by atoms with Crippen molar-refractivity contribution in [1.29, 1.82) is 0 Å². The third kappa shape index (κ3) is 3.85. The molecule has 0 aliphatic rings. The zero-order valence-electron chi connectivity index (χ0n) is 12.9. The molecule has 0 aliphatic heterocycles. The van der Waals surface area contributed by atoms with Crippen molar-refractivity contribution >= 4 is 16.9 Å². The van der Waals surface area contributed by atoms with Crippen molar-refractivity contribution in [3.8, 4) is 0 Å². The first-order valence-electron chi connectivity index (χ1n) is 7.43. The first-order chi connectivity index (χ1) is 10.0. The molecule has 4 heteroatoms. The van der Waals surface area contributed by atoms with E-state index in [1.165, 1.54) is 11.1 Å². The minimum absolute atomic E-state index is 0.0916. The summed E-state index contributed by atoms with van der Waals surface area (Å²) in [6.45, 7) is 6.40. The van der Waals surface area contributed by atoms with Gasteiger partial charge in [-0.25, -0.2) is 0 Å². The molecule has 1 amide bonds. The molecule has 0 saturated heterocycles. The number of furan rings is 1. The van der Waals surface area contributed by atoms with Gasteiger partial charge in [0.05, 0.1) is 18.8 Å². The third-order valence-electron chi connectivity index (χ3n) is 3.78. The fourth-order valence-electron chi connectivity index (χ4n) is 2.38. The lowest BCUT2D eigenvalue weighted by Gasteiger charge is -2.10. The first-order valence-corrected chi connectivity index (χ1v) is 7.43. The number of aryl methyl sites for hydroxylation is 2. The summed E-state index contributed by atoms with van der Waals surface area (Å²) in [7, 11) is 0. The molecule has 0 saturated carbocycles. The monoisotopic (exact) mass is 289 g/mol. The molecule has 2 aromatic rings.